The molecular formula is C16H27ClN2O. The first kappa shape index (κ1) is 17.3. The average Bonchev–Trinajstić information content (AvgIpc) is 2.38. The van der Waals surface area contributed by atoms with Gasteiger partial charge in [-0.15, -0.1) is 12.4 Å². The van der Waals surface area contributed by atoms with Crippen LogP contribution in [0.25, 0.3) is 0 Å². The van der Waals surface area contributed by atoms with E-state index >= 15 is 0 Å². The Balaban J connectivity index is 0.00000200. The zero-order chi connectivity index (χ0) is 13.9. The predicted octanol–water partition coefficient (Wildman–Crippen LogP) is 3.03. The molecule has 0 aliphatic carbocycles. The molecule has 0 unspecified atom stereocenters. The molecule has 0 radical (unpaired) electrons. The summed E-state index contributed by atoms with van der Waals surface area (Å²) in [5.74, 6) is 1.62. The first-order valence-corrected chi connectivity index (χ1v) is 7.13. The largest absolute Gasteiger partial charge is 0.497 e. The van der Waals surface area contributed by atoms with Crippen LogP contribution in [0, 0.1) is 0 Å². The summed E-state index contributed by atoms with van der Waals surface area (Å²) in [6, 6.07) is 8.52. The summed E-state index contributed by atoms with van der Waals surface area (Å²) in [4.78, 5) is 2.49. The Morgan fingerprint density at radius 1 is 1.20 bits per heavy atom. The van der Waals surface area contributed by atoms with Crippen molar-refractivity contribution in [3.8, 4) is 5.75 Å². The monoisotopic (exact) mass is 298 g/mol. The van der Waals surface area contributed by atoms with E-state index in [1.165, 1.54) is 18.4 Å². The van der Waals surface area contributed by atoms with E-state index in [2.05, 4.69) is 43.0 Å². The second kappa shape index (κ2) is 7.30. The molecule has 0 aromatic heterocycles. The zero-order valence-corrected chi connectivity index (χ0v) is 13.6. The fraction of sp³-hybridized carbons (Fsp3) is 0.625. The highest BCUT2D eigenvalue weighted by atomic mass is 35.5. The highest BCUT2D eigenvalue weighted by Crippen LogP contribution is 2.29. The summed E-state index contributed by atoms with van der Waals surface area (Å²) in [7, 11) is 1.71. The fourth-order valence-corrected chi connectivity index (χ4v) is 2.88. The van der Waals surface area contributed by atoms with Crippen molar-refractivity contribution in [3.63, 3.8) is 0 Å². The lowest BCUT2D eigenvalue weighted by molar-refractivity contribution is 0.179. The van der Waals surface area contributed by atoms with Gasteiger partial charge in [0.15, 0.2) is 0 Å². The normalized spacial score (nSPS) is 17.6. The number of piperidine rings is 1. The zero-order valence-electron chi connectivity index (χ0n) is 12.8. The number of nitrogens with two attached hydrogens (primary N) is 1. The van der Waals surface area contributed by atoms with Gasteiger partial charge in [-0.1, -0.05) is 12.1 Å². The summed E-state index contributed by atoms with van der Waals surface area (Å²) >= 11 is 0. The highest BCUT2D eigenvalue weighted by Gasteiger charge is 2.23. The van der Waals surface area contributed by atoms with Crippen LogP contribution in [0.3, 0.4) is 0 Å². The molecular weight excluding hydrogens is 272 g/mol. The highest BCUT2D eigenvalue weighted by molar-refractivity contribution is 5.85. The molecule has 3 nitrogen and oxygen atoms in total. The Morgan fingerprint density at radius 2 is 1.75 bits per heavy atom. The maximum Gasteiger partial charge on any atom is 0.118 e. The molecule has 2 N–H and O–H groups in total. The van der Waals surface area contributed by atoms with Gasteiger partial charge in [0.2, 0.25) is 0 Å². The fourth-order valence-electron chi connectivity index (χ4n) is 2.88. The maximum atomic E-state index is 6.09. The lowest BCUT2D eigenvalue weighted by Gasteiger charge is -2.36. The van der Waals surface area contributed by atoms with Crippen LogP contribution < -0.4 is 10.5 Å². The van der Waals surface area contributed by atoms with Gasteiger partial charge in [0, 0.05) is 12.1 Å². The molecule has 1 aromatic carbocycles. The quantitative estimate of drug-likeness (QED) is 0.928. The molecule has 0 saturated carbocycles. The van der Waals surface area contributed by atoms with Crippen LogP contribution in [-0.2, 0) is 0 Å². The molecule has 4 heteroatoms. The second-order valence-corrected chi connectivity index (χ2v) is 6.31. The Labute approximate surface area is 128 Å². The molecule has 1 aliphatic heterocycles. The minimum absolute atomic E-state index is 0. The van der Waals surface area contributed by atoms with Gasteiger partial charge < -0.3 is 15.4 Å². The minimum Gasteiger partial charge on any atom is -0.497 e. The van der Waals surface area contributed by atoms with Gasteiger partial charge in [0.25, 0.3) is 0 Å². The van der Waals surface area contributed by atoms with Gasteiger partial charge >= 0.3 is 0 Å². The molecule has 0 amide bonds. The average molecular weight is 299 g/mol. The number of ether oxygens (including phenoxy) is 1. The molecule has 1 heterocycles. The molecule has 1 saturated heterocycles. The number of hydrogen-bond acceptors (Lipinski definition) is 3. The van der Waals surface area contributed by atoms with Crippen LogP contribution in [-0.4, -0.2) is 37.2 Å². The minimum atomic E-state index is -0.0903. The smallest absolute Gasteiger partial charge is 0.118 e. The van der Waals surface area contributed by atoms with Gasteiger partial charge in [-0.25, -0.2) is 0 Å². The van der Waals surface area contributed by atoms with Crippen LogP contribution in [0.4, 0.5) is 0 Å². The molecule has 1 aromatic rings. The summed E-state index contributed by atoms with van der Waals surface area (Å²) in [6.45, 7) is 7.49. The molecule has 1 fully saturated rings. The Bertz CT molecular complexity index is 392. The van der Waals surface area contributed by atoms with E-state index in [0.29, 0.717) is 5.92 Å². The standard InChI is InChI=1S/C16H26N2O.ClH/c1-16(2,17)12-18-10-8-14(9-11-18)13-4-6-15(19-3)7-5-13;/h4-7,14H,8-12,17H2,1-3H3;1H. The second-order valence-electron chi connectivity index (χ2n) is 6.31. The van der Waals surface area contributed by atoms with Crippen molar-refractivity contribution in [2.45, 2.75) is 38.1 Å². The molecule has 0 spiro atoms. The molecule has 20 heavy (non-hydrogen) atoms. The number of nitrogens with zero attached hydrogens (tertiary/aromatic N) is 1. The van der Waals surface area contributed by atoms with E-state index in [9.17, 15) is 0 Å². The number of hydrogen-bond donors (Lipinski definition) is 1. The Hall–Kier alpha value is -0.770. The van der Waals surface area contributed by atoms with Gasteiger partial charge in [0.05, 0.1) is 7.11 Å². The van der Waals surface area contributed by atoms with Crippen molar-refractivity contribution >= 4 is 12.4 Å². The van der Waals surface area contributed by atoms with Crippen molar-refractivity contribution in [2.24, 2.45) is 5.73 Å². The summed E-state index contributed by atoms with van der Waals surface area (Å²) < 4.78 is 5.21. The van der Waals surface area contributed by atoms with E-state index in [1.54, 1.807) is 7.11 Å². The van der Waals surface area contributed by atoms with Crippen LogP contribution in [0.5, 0.6) is 5.75 Å². The van der Waals surface area contributed by atoms with Crippen LogP contribution in [0.2, 0.25) is 0 Å². The van der Waals surface area contributed by atoms with E-state index in [4.69, 9.17) is 10.5 Å². The number of likely N-dealkylation sites (tertiary alicyclic amines) is 1. The summed E-state index contributed by atoms with van der Waals surface area (Å²) in [5, 5.41) is 0. The van der Waals surface area contributed by atoms with Gasteiger partial charge in [-0.2, -0.15) is 0 Å². The van der Waals surface area contributed by atoms with Gasteiger partial charge in [0.1, 0.15) is 5.75 Å². The van der Waals surface area contributed by atoms with Crippen molar-refractivity contribution in [1.29, 1.82) is 0 Å². The van der Waals surface area contributed by atoms with Crippen LogP contribution in [0.1, 0.15) is 38.2 Å². The lowest BCUT2D eigenvalue weighted by atomic mass is 9.89. The predicted molar refractivity (Wildman–Crippen MR) is 86.9 cm³/mol. The third-order valence-electron chi connectivity index (χ3n) is 3.81. The first-order chi connectivity index (χ1) is 8.98. The molecule has 0 atom stereocenters. The summed E-state index contributed by atoms with van der Waals surface area (Å²) in [5.41, 5.74) is 7.44. The molecule has 114 valence electrons. The van der Waals surface area contributed by atoms with Gasteiger partial charge in [-0.05, 0) is 63.4 Å². The number of methoxy groups -OCH3 is 1. The number of benzene rings is 1. The maximum absolute atomic E-state index is 6.09. The van der Waals surface area contributed by atoms with Crippen LogP contribution in [0.15, 0.2) is 24.3 Å². The topological polar surface area (TPSA) is 38.5 Å². The van der Waals surface area contributed by atoms with Crippen molar-refractivity contribution < 1.29 is 4.74 Å². The SMILES string of the molecule is COc1ccc(C2CCN(CC(C)(C)N)CC2)cc1.Cl. The number of rotatable bonds is 4. The third kappa shape index (κ3) is 4.97. The van der Waals surface area contributed by atoms with Crippen molar-refractivity contribution in [1.82, 2.24) is 4.90 Å². The van der Waals surface area contributed by atoms with E-state index in [0.717, 1.165) is 25.4 Å². The van der Waals surface area contributed by atoms with Gasteiger partial charge in [-0.3, -0.25) is 0 Å². The van der Waals surface area contributed by atoms with Crippen molar-refractivity contribution in [3.05, 3.63) is 29.8 Å². The third-order valence-corrected chi connectivity index (χ3v) is 3.81. The Morgan fingerprint density at radius 3 is 2.20 bits per heavy atom. The molecule has 2 rings (SSSR count). The van der Waals surface area contributed by atoms with E-state index in [1.807, 2.05) is 0 Å². The van der Waals surface area contributed by atoms with E-state index in [-0.39, 0.29) is 17.9 Å². The summed E-state index contributed by atoms with van der Waals surface area (Å²) in [6.07, 6.45) is 2.45. The molecule has 0 bridgehead atoms. The number of halogens is 1. The first-order valence-electron chi connectivity index (χ1n) is 7.13. The van der Waals surface area contributed by atoms with Crippen molar-refractivity contribution in [2.75, 3.05) is 26.7 Å². The van der Waals surface area contributed by atoms with E-state index < -0.39 is 0 Å². The molecule has 1 aliphatic rings. The van der Waals surface area contributed by atoms with Crippen LogP contribution >= 0.6 is 12.4 Å². The lowest BCUT2D eigenvalue weighted by Crippen LogP contribution is -2.47. The Kier molecular flexibility index (Phi) is 6.31.